The van der Waals surface area contributed by atoms with E-state index >= 15 is 0 Å². The highest BCUT2D eigenvalue weighted by Crippen LogP contribution is 2.05. The first-order valence-corrected chi connectivity index (χ1v) is 4.54. The van der Waals surface area contributed by atoms with E-state index in [0.717, 1.165) is 17.1 Å². The van der Waals surface area contributed by atoms with Gasteiger partial charge in [-0.25, -0.2) is 0 Å². The normalized spacial score (nSPS) is 13.1. The second-order valence-electron chi connectivity index (χ2n) is 3.10. The van der Waals surface area contributed by atoms with Crippen LogP contribution in [0.4, 0.5) is 0 Å². The van der Waals surface area contributed by atoms with Gasteiger partial charge in [0.05, 0.1) is 0 Å². The van der Waals surface area contributed by atoms with Crippen LogP contribution >= 0.6 is 0 Å². The minimum atomic E-state index is 0.831. The van der Waals surface area contributed by atoms with E-state index in [1.807, 2.05) is 45.1 Å². The molecule has 0 aliphatic heterocycles. The van der Waals surface area contributed by atoms with E-state index in [2.05, 4.69) is 13.2 Å². The molecule has 0 aromatic heterocycles. The van der Waals surface area contributed by atoms with E-state index in [4.69, 9.17) is 4.74 Å². The van der Waals surface area contributed by atoms with Gasteiger partial charge in [-0.05, 0) is 32.9 Å². The first-order chi connectivity index (χ1) is 6.56. The molecule has 0 amide bonds. The predicted octanol–water partition coefficient (Wildman–Crippen LogP) is 4.13. The predicted molar refractivity (Wildman–Crippen MR) is 62.8 cm³/mol. The van der Waals surface area contributed by atoms with Crippen LogP contribution in [-0.2, 0) is 4.74 Å². The zero-order valence-electron chi connectivity index (χ0n) is 9.21. The van der Waals surface area contributed by atoms with Crippen molar-refractivity contribution >= 4 is 0 Å². The lowest BCUT2D eigenvalue weighted by Crippen LogP contribution is -1.84. The molecule has 0 unspecified atom stereocenters. The molecule has 0 rings (SSSR count). The summed E-state index contributed by atoms with van der Waals surface area (Å²) < 4.78 is 5.44. The van der Waals surface area contributed by atoms with Gasteiger partial charge in [-0.1, -0.05) is 37.0 Å². The topological polar surface area (TPSA) is 9.23 Å². The molecular weight excluding hydrogens is 172 g/mol. The summed E-state index contributed by atoms with van der Waals surface area (Å²) >= 11 is 0. The second-order valence-corrected chi connectivity index (χ2v) is 3.10. The van der Waals surface area contributed by atoms with Crippen LogP contribution in [0.2, 0.25) is 0 Å². The Morgan fingerprint density at radius 1 is 1.07 bits per heavy atom. The van der Waals surface area contributed by atoms with Gasteiger partial charge in [0, 0.05) is 0 Å². The van der Waals surface area contributed by atoms with Crippen molar-refractivity contribution in [3.63, 3.8) is 0 Å². The quantitative estimate of drug-likeness (QED) is 0.468. The van der Waals surface area contributed by atoms with Gasteiger partial charge in [0.25, 0.3) is 0 Å². The number of rotatable bonds is 5. The molecule has 1 heteroatoms. The summed E-state index contributed by atoms with van der Waals surface area (Å²) in [7, 11) is 0. The van der Waals surface area contributed by atoms with Gasteiger partial charge in [0.2, 0.25) is 0 Å². The molecule has 0 aromatic rings. The summed E-state index contributed by atoms with van der Waals surface area (Å²) in [5, 5.41) is 0. The third kappa shape index (κ3) is 7.17. The zero-order valence-corrected chi connectivity index (χ0v) is 9.21. The minimum absolute atomic E-state index is 0.831. The van der Waals surface area contributed by atoms with Crippen LogP contribution in [0, 0.1) is 0 Å². The molecule has 0 N–H and O–H groups in total. The van der Waals surface area contributed by atoms with Gasteiger partial charge < -0.3 is 4.74 Å². The largest absolute Gasteiger partial charge is 0.467 e. The monoisotopic (exact) mass is 190 g/mol. The van der Waals surface area contributed by atoms with Crippen molar-refractivity contribution in [2.75, 3.05) is 0 Å². The average Bonchev–Trinajstić information content (AvgIpc) is 2.03. The summed E-state index contributed by atoms with van der Waals surface area (Å²) in [5.41, 5.74) is 1.02. The fourth-order valence-electron chi connectivity index (χ4n) is 0.836. The summed E-state index contributed by atoms with van der Waals surface area (Å²) in [4.78, 5) is 0. The third-order valence-electron chi connectivity index (χ3n) is 1.39. The molecule has 76 valence electrons. The maximum Gasteiger partial charge on any atom is 0.100 e. The molecule has 0 saturated carbocycles. The Bertz CT molecular complexity index is 290. The van der Waals surface area contributed by atoms with Crippen LogP contribution in [0.25, 0.3) is 0 Å². The van der Waals surface area contributed by atoms with E-state index in [9.17, 15) is 0 Å². The van der Waals surface area contributed by atoms with Gasteiger partial charge >= 0.3 is 0 Å². The third-order valence-corrected chi connectivity index (χ3v) is 1.39. The SMILES string of the molecule is C=C/C=C(\C)O/C(C)=C/C=C\C(=C)C. The Morgan fingerprint density at radius 3 is 2.14 bits per heavy atom. The van der Waals surface area contributed by atoms with Crippen molar-refractivity contribution in [1.29, 1.82) is 0 Å². The second kappa shape index (κ2) is 6.96. The van der Waals surface area contributed by atoms with E-state index in [1.165, 1.54) is 0 Å². The molecule has 1 nitrogen and oxygen atoms in total. The minimum Gasteiger partial charge on any atom is -0.467 e. The van der Waals surface area contributed by atoms with Gasteiger partial charge in [0.1, 0.15) is 11.5 Å². The highest BCUT2D eigenvalue weighted by molar-refractivity contribution is 5.18. The van der Waals surface area contributed by atoms with E-state index in [-0.39, 0.29) is 0 Å². The molecule has 0 heterocycles. The summed E-state index contributed by atoms with van der Waals surface area (Å²) in [6.45, 7) is 13.1. The molecule has 0 bridgehead atoms. The molecule has 0 spiro atoms. The first-order valence-electron chi connectivity index (χ1n) is 4.54. The van der Waals surface area contributed by atoms with E-state index in [0.29, 0.717) is 0 Å². The van der Waals surface area contributed by atoms with Crippen LogP contribution in [-0.4, -0.2) is 0 Å². The van der Waals surface area contributed by atoms with Crippen LogP contribution < -0.4 is 0 Å². The Kier molecular flexibility index (Phi) is 6.21. The van der Waals surface area contributed by atoms with Gasteiger partial charge in [-0.3, -0.25) is 0 Å². The number of ether oxygens (including phenoxy) is 1. The van der Waals surface area contributed by atoms with Crippen molar-refractivity contribution < 1.29 is 4.74 Å². The maximum atomic E-state index is 5.44. The molecule has 0 atom stereocenters. The van der Waals surface area contributed by atoms with Crippen LogP contribution in [0.3, 0.4) is 0 Å². The lowest BCUT2D eigenvalue weighted by Gasteiger charge is -2.03. The number of allylic oxidation sites excluding steroid dienone is 8. The molecule has 0 radical (unpaired) electrons. The van der Waals surface area contributed by atoms with Crippen LogP contribution in [0.15, 0.2) is 60.6 Å². The fraction of sp³-hybridized carbons (Fsp3) is 0.231. The molecule has 0 aliphatic rings. The van der Waals surface area contributed by atoms with E-state index in [1.54, 1.807) is 6.08 Å². The lowest BCUT2D eigenvalue weighted by atomic mass is 10.3. The molecular formula is C13H18O. The van der Waals surface area contributed by atoms with Crippen LogP contribution in [0.5, 0.6) is 0 Å². The van der Waals surface area contributed by atoms with E-state index < -0.39 is 0 Å². The molecule has 0 saturated heterocycles. The van der Waals surface area contributed by atoms with Crippen molar-refractivity contribution in [1.82, 2.24) is 0 Å². The first kappa shape index (κ1) is 12.5. The highest BCUT2D eigenvalue weighted by atomic mass is 16.5. The van der Waals surface area contributed by atoms with Crippen molar-refractivity contribution in [2.24, 2.45) is 0 Å². The Hall–Kier alpha value is -1.50. The fourth-order valence-corrected chi connectivity index (χ4v) is 0.836. The van der Waals surface area contributed by atoms with Crippen molar-refractivity contribution in [2.45, 2.75) is 20.8 Å². The van der Waals surface area contributed by atoms with Crippen LogP contribution in [0.1, 0.15) is 20.8 Å². The Balaban J connectivity index is 4.20. The summed E-state index contributed by atoms with van der Waals surface area (Å²) in [5.74, 6) is 1.68. The number of hydrogen-bond acceptors (Lipinski definition) is 1. The standard InChI is InChI=1S/C13H18O/c1-6-8-12(4)14-13(5)10-7-9-11(2)3/h6-10H,1-2H2,3-5H3/b9-7-,12-8+,13-10+. The lowest BCUT2D eigenvalue weighted by molar-refractivity contribution is 0.309. The van der Waals surface area contributed by atoms with Gasteiger partial charge in [0.15, 0.2) is 0 Å². The average molecular weight is 190 g/mol. The summed E-state index contributed by atoms with van der Waals surface area (Å²) in [6, 6.07) is 0. The number of hydrogen-bond donors (Lipinski definition) is 0. The molecule has 0 fully saturated rings. The zero-order chi connectivity index (χ0) is 11.0. The van der Waals surface area contributed by atoms with Crippen molar-refractivity contribution in [3.8, 4) is 0 Å². The van der Waals surface area contributed by atoms with Crippen molar-refractivity contribution in [3.05, 3.63) is 60.6 Å². The molecule has 0 aliphatic carbocycles. The van der Waals surface area contributed by atoms with Gasteiger partial charge in [-0.2, -0.15) is 0 Å². The Labute approximate surface area is 86.8 Å². The Morgan fingerprint density at radius 2 is 1.64 bits per heavy atom. The molecule has 14 heavy (non-hydrogen) atoms. The highest BCUT2D eigenvalue weighted by Gasteiger charge is 1.89. The maximum absolute atomic E-state index is 5.44. The smallest absolute Gasteiger partial charge is 0.100 e. The van der Waals surface area contributed by atoms with Gasteiger partial charge in [-0.15, -0.1) is 0 Å². The molecule has 0 aromatic carbocycles. The summed E-state index contributed by atoms with van der Waals surface area (Å²) in [6.07, 6.45) is 9.26.